The Hall–Kier alpha value is -3.71. The largest absolute Gasteiger partial charge is 0.494 e. The average Bonchev–Trinajstić information content (AvgIpc) is 2.88. The van der Waals surface area contributed by atoms with Crippen LogP contribution in [0.3, 0.4) is 0 Å². The second kappa shape index (κ2) is 14.1. The van der Waals surface area contributed by atoms with Crippen LogP contribution in [0.15, 0.2) is 66.7 Å². The fourth-order valence-corrected chi connectivity index (χ4v) is 3.62. The Morgan fingerprint density at radius 2 is 1.22 bits per heavy atom. The molecule has 0 saturated heterocycles. The minimum absolute atomic E-state index is 0.0842. The van der Waals surface area contributed by atoms with Gasteiger partial charge in [-0.15, -0.1) is 0 Å². The van der Waals surface area contributed by atoms with Crippen molar-refractivity contribution >= 4 is 28.8 Å². The summed E-state index contributed by atoms with van der Waals surface area (Å²) in [5.74, 6) is -1.36. The van der Waals surface area contributed by atoms with Gasteiger partial charge in [-0.3, -0.25) is 4.79 Å². The molecule has 0 fully saturated rings. The van der Waals surface area contributed by atoms with Gasteiger partial charge in [-0.2, -0.15) is 0 Å². The number of rotatable bonds is 13. The number of hydrogen-bond donors (Lipinski definition) is 0. The van der Waals surface area contributed by atoms with Crippen LogP contribution in [0.4, 0.5) is 4.39 Å². The first-order valence-electron chi connectivity index (χ1n) is 12.1. The van der Waals surface area contributed by atoms with Crippen LogP contribution in [0.2, 0.25) is 0 Å². The Kier molecular flexibility index (Phi) is 10.6. The molecule has 3 rings (SSSR count). The molecule has 0 amide bonds. The molecule has 3 aromatic carbocycles. The van der Waals surface area contributed by atoms with Crippen molar-refractivity contribution in [1.29, 1.82) is 0 Å². The predicted octanol–water partition coefficient (Wildman–Crippen LogP) is 7.38. The maximum atomic E-state index is 13.9. The maximum Gasteiger partial charge on any atom is 0.343 e. The third-order valence-corrected chi connectivity index (χ3v) is 5.72. The SMILES string of the molecule is CCCCCCCCOc1ccc(C(=O)Oc2ccc(C(=O)Oc3ccc(C(=O)Cl)c(F)c3)cc2)cc1. The molecule has 0 spiro atoms. The first-order chi connectivity index (χ1) is 17.9. The van der Waals surface area contributed by atoms with Crippen molar-refractivity contribution in [2.24, 2.45) is 0 Å². The van der Waals surface area contributed by atoms with Gasteiger partial charge >= 0.3 is 11.9 Å². The lowest BCUT2D eigenvalue weighted by Gasteiger charge is -2.08. The van der Waals surface area contributed by atoms with Crippen LogP contribution in [0.5, 0.6) is 17.2 Å². The highest BCUT2D eigenvalue weighted by atomic mass is 35.5. The molecule has 37 heavy (non-hydrogen) atoms. The maximum absolute atomic E-state index is 13.9. The quantitative estimate of drug-likeness (QED) is 0.1000. The van der Waals surface area contributed by atoms with E-state index >= 15 is 0 Å². The van der Waals surface area contributed by atoms with E-state index in [0.29, 0.717) is 17.9 Å². The number of hydrogen-bond acceptors (Lipinski definition) is 6. The van der Waals surface area contributed by atoms with Gasteiger partial charge in [-0.1, -0.05) is 39.0 Å². The summed E-state index contributed by atoms with van der Waals surface area (Å²) >= 11 is 5.27. The van der Waals surface area contributed by atoms with Gasteiger partial charge in [-0.05, 0) is 78.7 Å². The van der Waals surface area contributed by atoms with E-state index in [2.05, 4.69) is 6.92 Å². The van der Waals surface area contributed by atoms with Crippen LogP contribution in [0.25, 0.3) is 0 Å². The average molecular weight is 527 g/mol. The lowest BCUT2D eigenvalue weighted by atomic mass is 10.1. The van der Waals surface area contributed by atoms with Gasteiger partial charge in [0.05, 0.1) is 23.3 Å². The first kappa shape index (κ1) is 27.9. The Morgan fingerprint density at radius 3 is 1.78 bits per heavy atom. The second-order valence-corrected chi connectivity index (χ2v) is 8.70. The Morgan fingerprint density at radius 1 is 0.703 bits per heavy atom. The summed E-state index contributed by atoms with van der Waals surface area (Å²) in [5, 5.41) is -0.951. The van der Waals surface area contributed by atoms with Crippen LogP contribution >= 0.6 is 11.6 Å². The van der Waals surface area contributed by atoms with Crippen LogP contribution in [0, 0.1) is 5.82 Å². The molecule has 0 aliphatic rings. The highest BCUT2D eigenvalue weighted by Gasteiger charge is 2.14. The third kappa shape index (κ3) is 8.72. The smallest absolute Gasteiger partial charge is 0.343 e. The van der Waals surface area contributed by atoms with Gasteiger partial charge in [0, 0.05) is 6.07 Å². The fourth-order valence-electron chi connectivity index (χ4n) is 3.47. The number of unbranched alkanes of at least 4 members (excludes halogenated alkanes) is 5. The number of ether oxygens (including phenoxy) is 3. The van der Waals surface area contributed by atoms with Gasteiger partial charge in [0.1, 0.15) is 23.1 Å². The summed E-state index contributed by atoms with van der Waals surface area (Å²) in [5.41, 5.74) is 0.198. The normalized spacial score (nSPS) is 10.6. The Balaban J connectivity index is 1.47. The van der Waals surface area contributed by atoms with Gasteiger partial charge in [0.25, 0.3) is 5.24 Å². The molecule has 8 heteroatoms. The van der Waals surface area contributed by atoms with Gasteiger partial charge in [0.15, 0.2) is 0 Å². The van der Waals surface area contributed by atoms with E-state index in [1.165, 1.54) is 56.0 Å². The Bertz CT molecular complexity index is 1210. The lowest BCUT2D eigenvalue weighted by Crippen LogP contribution is -2.10. The number of carbonyl (C=O) groups is 3. The van der Waals surface area contributed by atoms with Crippen molar-refractivity contribution < 1.29 is 33.0 Å². The highest BCUT2D eigenvalue weighted by molar-refractivity contribution is 6.67. The molecule has 0 aromatic heterocycles. The van der Waals surface area contributed by atoms with E-state index in [1.54, 1.807) is 24.3 Å². The lowest BCUT2D eigenvalue weighted by molar-refractivity contribution is 0.0730. The monoisotopic (exact) mass is 526 g/mol. The molecule has 3 aromatic rings. The highest BCUT2D eigenvalue weighted by Crippen LogP contribution is 2.21. The molecule has 0 N–H and O–H groups in total. The van der Waals surface area contributed by atoms with Gasteiger partial charge < -0.3 is 14.2 Å². The molecule has 0 radical (unpaired) electrons. The summed E-state index contributed by atoms with van der Waals surface area (Å²) in [6, 6.07) is 15.7. The summed E-state index contributed by atoms with van der Waals surface area (Å²) < 4.78 is 30.1. The van der Waals surface area contributed by atoms with Crippen LogP contribution in [-0.4, -0.2) is 23.8 Å². The molecule has 0 bridgehead atoms. The zero-order valence-corrected chi connectivity index (χ0v) is 21.3. The third-order valence-electron chi connectivity index (χ3n) is 5.52. The fraction of sp³-hybridized carbons (Fsp3) is 0.276. The van der Waals surface area contributed by atoms with Gasteiger partial charge in [0.2, 0.25) is 0 Å². The number of carbonyl (C=O) groups excluding carboxylic acids is 3. The predicted molar refractivity (Wildman–Crippen MR) is 138 cm³/mol. The van der Waals surface area contributed by atoms with Crippen LogP contribution in [-0.2, 0) is 0 Å². The summed E-state index contributed by atoms with van der Waals surface area (Å²) in [4.78, 5) is 35.9. The van der Waals surface area contributed by atoms with Crippen molar-refractivity contribution in [1.82, 2.24) is 0 Å². The molecule has 6 nitrogen and oxygen atoms in total. The molecule has 0 aliphatic carbocycles. The summed E-state index contributed by atoms with van der Waals surface area (Å²) in [7, 11) is 0. The molecule has 0 aliphatic heterocycles. The zero-order chi connectivity index (χ0) is 26.6. The van der Waals surface area contributed by atoms with E-state index in [1.807, 2.05) is 0 Å². The molecule has 0 saturated carbocycles. The standard InChI is InChI=1S/C29H28ClFO6/c1-2-3-4-5-6-7-18-35-22-12-8-20(9-13-22)28(33)36-23-14-10-21(11-15-23)29(34)37-24-16-17-25(27(30)32)26(31)19-24/h8-17,19H,2-7,18H2,1H3. The number of halogens is 2. The second-order valence-electron chi connectivity index (χ2n) is 8.36. The molecule has 0 unspecified atom stereocenters. The van der Waals surface area contributed by atoms with E-state index in [-0.39, 0.29) is 22.6 Å². The zero-order valence-electron chi connectivity index (χ0n) is 20.5. The van der Waals surface area contributed by atoms with E-state index < -0.39 is 23.0 Å². The van der Waals surface area contributed by atoms with Crippen LogP contribution < -0.4 is 14.2 Å². The minimum atomic E-state index is -0.951. The van der Waals surface area contributed by atoms with Crippen molar-refractivity contribution in [3.63, 3.8) is 0 Å². The summed E-state index contributed by atoms with van der Waals surface area (Å²) in [6.07, 6.45) is 7.11. The first-order valence-corrected chi connectivity index (χ1v) is 12.5. The van der Waals surface area contributed by atoms with Crippen molar-refractivity contribution in [2.45, 2.75) is 45.4 Å². The minimum Gasteiger partial charge on any atom is -0.494 e. The van der Waals surface area contributed by atoms with Crippen molar-refractivity contribution in [3.8, 4) is 17.2 Å². The van der Waals surface area contributed by atoms with E-state index in [4.69, 9.17) is 25.8 Å². The molecule has 0 heterocycles. The molecular weight excluding hydrogens is 499 g/mol. The Labute approximate surface area is 220 Å². The number of benzene rings is 3. The van der Waals surface area contributed by atoms with Crippen molar-refractivity contribution in [2.75, 3.05) is 6.61 Å². The van der Waals surface area contributed by atoms with E-state index in [9.17, 15) is 18.8 Å². The van der Waals surface area contributed by atoms with Crippen LogP contribution in [0.1, 0.15) is 76.5 Å². The molecular formula is C29H28ClFO6. The number of esters is 2. The van der Waals surface area contributed by atoms with E-state index in [0.717, 1.165) is 25.0 Å². The summed E-state index contributed by atoms with van der Waals surface area (Å²) in [6.45, 7) is 2.83. The molecule has 0 atom stereocenters. The van der Waals surface area contributed by atoms with Crippen molar-refractivity contribution in [3.05, 3.63) is 89.2 Å². The molecule has 194 valence electrons. The topological polar surface area (TPSA) is 78.9 Å². The van der Waals surface area contributed by atoms with Gasteiger partial charge in [-0.25, -0.2) is 14.0 Å².